The molecule has 2 N–H and O–H groups in total. The van der Waals surface area contributed by atoms with Crippen molar-refractivity contribution in [2.75, 3.05) is 0 Å². The van der Waals surface area contributed by atoms with Gasteiger partial charge in [-0.05, 0) is 35.4 Å². The molecule has 0 bridgehead atoms. The Labute approximate surface area is 75.9 Å². The van der Waals surface area contributed by atoms with Crippen LogP contribution in [0.2, 0.25) is 0 Å². The van der Waals surface area contributed by atoms with E-state index in [1.54, 1.807) is 19.9 Å². The molecule has 5 nitrogen and oxygen atoms in total. The van der Waals surface area contributed by atoms with E-state index in [0.29, 0.717) is 11.3 Å². The molecule has 72 valence electrons. The lowest BCUT2D eigenvalue weighted by Crippen LogP contribution is -1.98. The van der Waals surface area contributed by atoms with Gasteiger partial charge in [0.1, 0.15) is 0 Å². The number of hydrogen-bond donors (Lipinski definition) is 0. The maximum atomic E-state index is 10.4. The van der Waals surface area contributed by atoms with Crippen molar-refractivity contribution in [3.05, 3.63) is 33.0 Å². The van der Waals surface area contributed by atoms with Crippen molar-refractivity contribution in [2.45, 2.75) is 20.8 Å². The first-order valence-electron chi connectivity index (χ1n) is 3.61. The number of aryl methyl sites for hydroxylation is 3. The minimum Gasteiger partial charge on any atom is -0.412 e. The van der Waals surface area contributed by atoms with Crippen LogP contribution in [0.3, 0.4) is 0 Å². The Bertz CT molecular complexity index is 336. The topological polar surface area (TPSA) is 87.5 Å². The normalized spacial score (nSPS) is 9.15. The van der Waals surface area contributed by atoms with E-state index in [9.17, 15) is 10.1 Å². The molecule has 1 heterocycles. The molecule has 1 aromatic rings. The maximum absolute atomic E-state index is 10.4. The van der Waals surface area contributed by atoms with E-state index in [1.165, 1.54) is 0 Å². The Kier molecular flexibility index (Phi) is 3.50. The molecule has 0 fully saturated rings. The summed E-state index contributed by atoms with van der Waals surface area (Å²) in [7, 11) is 0. The average Bonchev–Trinajstić information content (AvgIpc) is 1.96. The molecule has 0 unspecified atom stereocenters. The summed E-state index contributed by atoms with van der Waals surface area (Å²) in [4.78, 5) is 13.8. The Hall–Kier alpha value is -1.49. The highest BCUT2D eigenvalue weighted by molar-refractivity contribution is 5.36. The summed E-state index contributed by atoms with van der Waals surface area (Å²) in [5.74, 6) is -0.0434. The van der Waals surface area contributed by atoms with Crippen LogP contribution in [0, 0.1) is 30.9 Å². The molecule has 0 spiro atoms. The molecule has 0 saturated carbocycles. The molecule has 0 atom stereocenters. The van der Waals surface area contributed by atoms with E-state index in [1.807, 2.05) is 6.92 Å². The van der Waals surface area contributed by atoms with Gasteiger partial charge in [0.2, 0.25) is 0 Å². The summed E-state index contributed by atoms with van der Waals surface area (Å²) in [6.45, 7) is 5.35. The van der Waals surface area contributed by atoms with Crippen LogP contribution in [0.15, 0.2) is 6.07 Å². The third-order valence-electron chi connectivity index (χ3n) is 1.80. The van der Waals surface area contributed by atoms with Gasteiger partial charge in [-0.15, -0.1) is 0 Å². The molecule has 1 aromatic heterocycles. The SMILES string of the molecule is Cc1cc(C)c([N+](=O)[O-])nc1C.O. The zero-order valence-electron chi connectivity index (χ0n) is 7.79. The second kappa shape index (κ2) is 3.95. The Morgan fingerprint density at radius 2 is 1.85 bits per heavy atom. The van der Waals surface area contributed by atoms with Gasteiger partial charge < -0.3 is 15.6 Å². The number of nitrogens with zero attached hydrogens (tertiary/aromatic N) is 2. The molecule has 0 aromatic carbocycles. The van der Waals surface area contributed by atoms with E-state index >= 15 is 0 Å². The Morgan fingerprint density at radius 3 is 2.31 bits per heavy atom. The molecule has 5 heteroatoms. The lowest BCUT2D eigenvalue weighted by atomic mass is 10.1. The number of nitro groups is 1. The third kappa shape index (κ3) is 2.22. The van der Waals surface area contributed by atoms with Crippen LogP contribution in [0.1, 0.15) is 16.8 Å². The third-order valence-corrected chi connectivity index (χ3v) is 1.80. The Balaban J connectivity index is 0.00000144. The van der Waals surface area contributed by atoms with Gasteiger partial charge in [-0.1, -0.05) is 0 Å². The van der Waals surface area contributed by atoms with Crippen LogP contribution in [0.5, 0.6) is 0 Å². The second-order valence-corrected chi connectivity index (χ2v) is 2.79. The first-order chi connectivity index (χ1) is 5.52. The fourth-order valence-corrected chi connectivity index (χ4v) is 1.01. The molecule has 0 aliphatic heterocycles. The molecule has 13 heavy (non-hydrogen) atoms. The number of hydrogen-bond acceptors (Lipinski definition) is 3. The van der Waals surface area contributed by atoms with Crippen molar-refractivity contribution >= 4 is 5.82 Å². The Morgan fingerprint density at radius 1 is 1.31 bits per heavy atom. The zero-order valence-corrected chi connectivity index (χ0v) is 7.79. The van der Waals surface area contributed by atoms with Crippen LogP contribution >= 0.6 is 0 Å². The smallest absolute Gasteiger partial charge is 0.366 e. The molecular weight excluding hydrogens is 172 g/mol. The van der Waals surface area contributed by atoms with Crippen molar-refractivity contribution < 1.29 is 10.4 Å². The van der Waals surface area contributed by atoms with Gasteiger partial charge in [-0.3, -0.25) is 0 Å². The van der Waals surface area contributed by atoms with Crippen molar-refractivity contribution in [1.82, 2.24) is 4.98 Å². The van der Waals surface area contributed by atoms with Gasteiger partial charge in [-0.2, -0.15) is 0 Å². The molecular formula is C8H12N2O3. The standard InChI is InChI=1S/C8H10N2O2.H2O/c1-5-4-6(2)8(10(11)12)9-7(5)3;/h4H,1-3H3;1H2. The maximum Gasteiger partial charge on any atom is 0.366 e. The van der Waals surface area contributed by atoms with E-state index in [4.69, 9.17) is 0 Å². The minimum absolute atomic E-state index is 0. The predicted molar refractivity (Wildman–Crippen MR) is 48.7 cm³/mol. The summed E-state index contributed by atoms with van der Waals surface area (Å²) in [5.41, 5.74) is 2.31. The van der Waals surface area contributed by atoms with Gasteiger partial charge >= 0.3 is 5.82 Å². The highest BCUT2D eigenvalue weighted by atomic mass is 16.6. The van der Waals surface area contributed by atoms with Crippen LogP contribution in [-0.2, 0) is 0 Å². The van der Waals surface area contributed by atoms with E-state index < -0.39 is 4.92 Å². The van der Waals surface area contributed by atoms with Gasteiger partial charge in [0.15, 0.2) is 5.69 Å². The summed E-state index contributed by atoms with van der Waals surface area (Å²) in [5, 5.41) is 10.4. The monoisotopic (exact) mass is 184 g/mol. The molecule has 1 rings (SSSR count). The molecule has 0 saturated heterocycles. The highest BCUT2D eigenvalue weighted by Gasteiger charge is 2.13. The van der Waals surface area contributed by atoms with E-state index in [2.05, 4.69) is 4.98 Å². The van der Waals surface area contributed by atoms with Gasteiger partial charge in [0.25, 0.3) is 0 Å². The fraction of sp³-hybridized carbons (Fsp3) is 0.375. The number of rotatable bonds is 1. The summed E-state index contributed by atoms with van der Waals surface area (Å²) in [6, 6.07) is 1.78. The van der Waals surface area contributed by atoms with Crippen molar-refractivity contribution in [2.24, 2.45) is 0 Å². The van der Waals surface area contributed by atoms with Gasteiger partial charge in [-0.25, -0.2) is 0 Å². The first-order valence-corrected chi connectivity index (χ1v) is 3.61. The number of aromatic nitrogens is 1. The molecule has 0 aliphatic rings. The van der Waals surface area contributed by atoms with Crippen molar-refractivity contribution in [3.8, 4) is 0 Å². The van der Waals surface area contributed by atoms with Crippen molar-refractivity contribution in [3.63, 3.8) is 0 Å². The van der Waals surface area contributed by atoms with Crippen LogP contribution < -0.4 is 0 Å². The van der Waals surface area contributed by atoms with Crippen LogP contribution in [0.25, 0.3) is 0 Å². The second-order valence-electron chi connectivity index (χ2n) is 2.79. The highest BCUT2D eigenvalue weighted by Crippen LogP contribution is 2.17. The van der Waals surface area contributed by atoms with Crippen LogP contribution in [0.4, 0.5) is 5.82 Å². The predicted octanol–water partition coefficient (Wildman–Crippen LogP) is 1.09. The molecule has 0 aliphatic carbocycles. The molecule has 0 amide bonds. The quantitative estimate of drug-likeness (QED) is 0.483. The summed E-state index contributed by atoms with van der Waals surface area (Å²) in [6.07, 6.45) is 0. The van der Waals surface area contributed by atoms with Gasteiger partial charge in [0, 0.05) is 12.5 Å². The van der Waals surface area contributed by atoms with Gasteiger partial charge in [0.05, 0.1) is 0 Å². The molecule has 0 radical (unpaired) electrons. The van der Waals surface area contributed by atoms with Crippen molar-refractivity contribution in [1.29, 1.82) is 0 Å². The van der Waals surface area contributed by atoms with Crippen LogP contribution in [-0.4, -0.2) is 15.4 Å². The fourth-order valence-electron chi connectivity index (χ4n) is 1.01. The number of pyridine rings is 1. The lowest BCUT2D eigenvalue weighted by molar-refractivity contribution is -0.390. The first kappa shape index (κ1) is 11.5. The average molecular weight is 184 g/mol. The van der Waals surface area contributed by atoms with E-state index in [0.717, 1.165) is 5.56 Å². The summed E-state index contributed by atoms with van der Waals surface area (Å²) >= 11 is 0. The summed E-state index contributed by atoms with van der Waals surface area (Å²) < 4.78 is 0. The largest absolute Gasteiger partial charge is 0.412 e. The lowest BCUT2D eigenvalue weighted by Gasteiger charge is -1.99. The zero-order chi connectivity index (χ0) is 9.30. The minimum atomic E-state index is -0.457. The van der Waals surface area contributed by atoms with E-state index in [-0.39, 0.29) is 11.3 Å².